The maximum atomic E-state index is 13.6. The zero-order valence-corrected chi connectivity index (χ0v) is 16.0. The van der Waals surface area contributed by atoms with Crippen molar-refractivity contribution in [2.45, 2.75) is 62.8 Å². The number of piperidine rings is 1. The van der Waals surface area contributed by atoms with E-state index in [1.807, 2.05) is 12.1 Å². The molecule has 1 atom stereocenters. The monoisotopic (exact) mass is 370 g/mol. The normalized spacial score (nSPS) is 25.6. The molecule has 1 aromatic rings. The fourth-order valence-corrected chi connectivity index (χ4v) is 5.40. The largest absolute Gasteiger partial charge is 0.478 e. The summed E-state index contributed by atoms with van der Waals surface area (Å²) in [5.74, 6) is -0.230. The molecule has 0 unspecified atom stereocenters. The lowest BCUT2D eigenvalue weighted by Crippen LogP contribution is -2.58. The summed E-state index contributed by atoms with van der Waals surface area (Å²) >= 11 is 0. The Morgan fingerprint density at radius 1 is 0.926 bits per heavy atom. The van der Waals surface area contributed by atoms with E-state index in [1.54, 1.807) is 12.1 Å². The number of aromatic carboxylic acids is 1. The molecule has 2 heterocycles. The Balaban J connectivity index is 1.50. The fourth-order valence-electron chi connectivity index (χ4n) is 5.40. The average molecular weight is 370 g/mol. The second-order valence-corrected chi connectivity index (χ2v) is 8.45. The minimum atomic E-state index is -0.893. The van der Waals surface area contributed by atoms with Gasteiger partial charge in [-0.3, -0.25) is 9.69 Å². The molecule has 1 aromatic carbocycles. The molecule has 1 aliphatic carbocycles. The molecule has 3 fully saturated rings. The molecule has 5 nitrogen and oxygen atoms in total. The van der Waals surface area contributed by atoms with Crippen LogP contribution in [0.5, 0.6) is 0 Å². The lowest BCUT2D eigenvalue weighted by Gasteiger charge is -2.43. The van der Waals surface area contributed by atoms with Crippen LogP contribution in [0.3, 0.4) is 0 Å². The minimum Gasteiger partial charge on any atom is -0.478 e. The highest BCUT2D eigenvalue weighted by Crippen LogP contribution is 2.40. The summed E-state index contributed by atoms with van der Waals surface area (Å²) in [6.45, 7) is 3.76. The molecule has 0 aromatic heterocycles. The van der Waals surface area contributed by atoms with Crippen molar-refractivity contribution >= 4 is 11.9 Å². The number of benzene rings is 1. The third-order valence-corrected chi connectivity index (χ3v) is 6.88. The van der Waals surface area contributed by atoms with E-state index < -0.39 is 5.97 Å². The van der Waals surface area contributed by atoms with Gasteiger partial charge < -0.3 is 10.0 Å². The summed E-state index contributed by atoms with van der Waals surface area (Å²) in [5, 5.41) is 9.10. The predicted molar refractivity (Wildman–Crippen MR) is 104 cm³/mol. The molecule has 4 rings (SSSR count). The number of carboxylic acid groups (broad SMARTS) is 1. The van der Waals surface area contributed by atoms with Gasteiger partial charge in [-0.15, -0.1) is 0 Å². The fraction of sp³-hybridized carbons (Fsp3) is 0.636. The van der Waals surface area contributed by atoms with E-state index in [2.05, 4.69) is 9.80 Å². The highest BCUT2D eigenvalue weighted by atomic mass is 16.4. The Labute approximate surface area is 161 Å². The molecular weight excluding hydrogens is 340 g/mol. The third kappa shape index (κ3) is 3.49. The van der Waals surface area contributed by atoms with Crippen molar-refractivity contribution in [3.63, 3.8) is 0 Å². The molecule has 1 amide bonds. The second-order valence-electron chi connectivity index (χ2n) is 8.45. The number of hydrogen-bond donors (Lipinski definition) is 1. The number of hydrogen-bond acceptors (Lipinski definition) is 3. The first kappa shape index (κ1) is 18.5. The molecule has 146 valence electrons. The van der Waals surface area contributed by atoms with E-state index in [-0.39, 0.29) is 5.54 Å². The van der Waals surface area contributed by atoms with E-state index in [0.29, 0.717) is 17.4 Å². The van der Waals surface area contributed by atoms with Crippen molar-refractivity contribution in [1.29, 1.82) is 0 Å². The summed E-state index contributed by atoms with van der Waals surface area (Å²) in [7, 11) is 0. The van der Waals surface area contributed by atoms with Crippen LogP contribution in [-0.2, 0) is 4.79 Å². The van der Waals surface area contributed by atoms with Crippen LogP contribution in [0.15, 0.2) is 24.3 Å². The highest BCUT2D eigenvalue weighted by molar-refractivity contribution is 5.88. The van der Waals surface area contributed by atoms with Gasteiger partial charge in [-0.2, -0.15) is 0 Å². The smallest absolute Gasteiger partial charge is 0.335 e. The van der Waals surface area contributed by atoms with E-state index in [1.165, 1.54) is 12.8 Å². The Bertz CT molecular complexity index is 688. The van der Waals surface area contributed by atoms with Crippen LogP contribution in [-0.4, -0.2) is 58.5 Å². The quantitative estimate of drug-likeness (QED) is 0.881. The topological polar surface area (TPSA) is 60.9 Å². The van der Waals surface area contributed by atoms with Crippen LogP contribution in [0.25, 0.3) is 0 Å². The van der Waals surface area contributed by atoms with Crippen molar-refractivity contribution < 1.29 is 14.7 Å². The lowest BCUT2D eigenvalue weighted by atomic mass is 9.87. The van der Waals surface area contributed by atoms with E-state index >= 15 is 0 Å². The first-order valence-electron chi connectivity index (χ1n) is 10.5. The summed E-state index contributed by atoms with van der Waals surface area (Å²) < 4.78 is 0. The lowest BCUT2D eigenvalue weighted by molar-refractivity contribution is -0.145. The second kappa shape index (κ2) is 7.63. The number of carbonyl (C=O) groups excluding carboxylic acids is 1. The molecule has 1 saturated carbocycles. The van der Waals surface area contributed by atoms with Gasteiger partial charge in [0, 0.05) is 19.0 Å². The molecule has 3 aliphatic rings. The van der Waals surface area contributed by atoms with Crippen LogP contribution in [0.1, 0.15) is 73.2 Å². The molecule has 0 spiro atoms. The number of rotatable bonds is 4. The molecule has 27 heavy (non-hydrogen) atoms. The van der Waals surface area contributed by atoms with Gasteiger partial charge in [-0.1, -0.05) is 25.0 Å². The van der Waals surface area contributed by atoms with Gasteiger partial charge in [0.25, 0.3) is 0 Å². The molecule has 2 aliphatic heterocycles. The Kier molecular flexibility index (Phi) is 5.22. The number of likely N-dealkylation sites (tertiary alicyclic amines) is 2. The van der Waals surface area contributed by atoms with Gasteiger partial charge in [-0.05, 0) is 69.3 Å². The molecular formula is C22H30N2O3. The van der Waals surface area contributed by atoms with Crippen molar-refractivity contribution in [2.24, 2.45) is 0 Å². The Hall–Kier alpha value is -1.88. The van der Waals surface area contributed by atoms with Crippen molar-refractivity contribution in [3.05, 3.63) is 35.4 Å². The average Bonchev–Trinajstić information content (AvgIpc) is 3.40. The van der Waals surface area contributed by atoms with E-state index in [9.17, 15) is 9.59 Å². The number of nitrogens with zero attached hydrogens (tertiary/aromatic N) is 2. The number of amides is 1. The van der Waals surface area contributed by atoms with Crippen LogP contribution in [0, 0.1) is 0 Å². The molecule has 1 N–H and O–H groups in total. The highest BCUT2D eigenvalue weighted by Gasteiger charge is 2.49. The SMILES string of the molecule is O=C(O)c1ccc([C@@H]2CCCN(C(=O)C3(N4CCCC4)CCCC3)C2)cc1. The van der Waals surface area contributed by atoms with Gasteiger partial charge in [0.05, 0.1) is 5.56 Å². The summed E-state index contributed by atoms with van der Waals surface area (Å²) in [4.78, 5) is 29.3. The summed E-state index contributed by atoms with van der Waals surface area (Å²) in [6, 6.07) is 7.21. The van der Waals surface area contributed by atoms with Crippen LogP contribution in [0.2, 0.25) is 0 Å². The zero-order chi connectivity index (χ0) is 18.9. The summed E-state index contributed by atoms with van der Waals surface area (Å²) in [5.41, 5.74) is 1.23. The first-order valence-corrected chi connectivity index (χ1v) is 10.5. The maximum absolute atomic E-state index is 13.6. The number of carbonyl (C=O) groups is 2. The van der Waals surface area contributed by atoms with Gasteiger partial charge in [0.15, 0.2) is 0 Å². The first-order chi connectivity index (χ1) is 13.1. The minimum absolute atomic E-state index is 0.244. The third-order valence-electron chi connectivity index (χ3n) is 6.88. The van der Waals surface area contributed by atoms with E-state index in [4.69, 9.17) is 5.11 Å². The molecule has 0 bridgehead atoms. The summed E-state index contributed by atoms with van der Waals surface area (Å²) in [6.07, 6.45) is 8.87. The molecule has 5 heteroatoms. The van der Waals surface area contributed by atoms with Crippen LogP contribution < -0.4 is 0 Å². The van der Waals surface area contributed by atoms with Gasteiger partial charge in [-0.25, -0.2) is 4.79 Å². The molecule has 0 radical (unpaired) electrons. The van der Waals surface area contributed by atoms with Gasteiger partial charge in [0.2, 0.25) is 5.91 Å². The Morgan fingerprint density at radius 3 is 2.22 bits per heavy atom. The Morgan fingerprint density at radius 2 is 1.59 bits per heavy atom. The van der Waals surface area contributed by atoms with Crippen LogP contribution >= 0.6 is 0 Å². The van der Waals surface area contributed by atoms with Gasteiger partial charge in [0.1, 0.15) is 5.54 Å². The van der Waals surface area contributed by atoms with Crippen LogP contribution in [0.4, 0.5) is 0 Å². The van der Waals surface area contributed by atoms with Crippen molar-refractivity contribution in [1.82, 2.24) is 9.80 Å². The zero-order valence-electron chi connectivity index (χ0n) is 16.0. The van der Waals surface area contributed by atoms with E-state index in [0.717, 1.165) is 70.3 Å². The van der Waals surface area contributed by atoms with Gasteiger partial charge >= 0.3 is 5.97 Å². The standard InChI is InChI=1S/C22H30N2O3/c25-20(26)18-9-7-17(8-10-18)19-6-5-13-23(16-19)21(27)22(11-1-2-12-22)24-14-3-4-15-24/h7-10,19H,1-6,11-16H2,(H,25,26)/t19-/m1/s1. The maximum Gasteiger partial charge on any atom is 0.335 e. The molecule has 2 saturated heterocycles. The van der Waals surface area contributed by atoms with Crippen molar-refractivity contribution in [2.75, 3.05) is 26.2 Å². The van der Waals surface area contributed by atoms with Crippen molar-refractivity contribution in [3.8, 4) is 0 Å². The number of carboxylic acids is 1. The predicted octanol–water partition coefficient (Wildman–Crippen LogP) is 3.50.